The fourth-order valence-electron chi connectivity index (χ4n) is 1.22. The minimum Gasteiger partial charge on any atom is -0.480 e. The maximum absolute atomic E-state index is 11.5. The number of nitrogens with zero attached hydrogens (tertiary/aromatic N) is 1. The molecule has 0 saturated heterocycles. The Morgan fingerprint density at radius 3 is 2.61 bits per heavy atom. The lowest BCUT2D eigenvalue weighted by atomic mass is 10.2. The minimum atomic E-state index is -0.995. The maximum atomic E-state index is 11.5. The van der Waals surface area contributed by atoms with Crippen molar-refractivity contribution in [1.29, 1.82) is 0 Å². The quantitative estimate of drug-likeness (QED) is 0.570. The van der Waals surface area contributed by atoms with E-state index in [1.165, 1.54) is 0 Å². The molecule has 0 heterocycles. The molecule has 7 heteroatoms. The monoisotopic (exact) mass is 277 g/mol. The van der Waals surface area contributed by atoms with Gasteiger partial charge in [-0.05, 0) is 32.0 Å². The molecule has 0 bridgehead atoms. The van der Waals surface area contributed by atoms with E-state index in [4.69, 9.17) is 5.11 Å². The van der Waals surface area contributed by atoms with E-state index < -0.39 is 18.0 Å². The van der Waals surface area contributed by atoms with Crippen LogP contribution in [0.4, 0.5) is 4.79 Å². The van der Waals surface area contributed by atoms with Crippen molar-refractivity contribution < 1.29 is 14.7 Å². The molecule has 18 heavy (non-hydrogen) atoms. The number of hydrogen-bond acceptors (Lipinski definition) is 4. The third-order valence-electron chi connectivity index (χ3n) is 2.53. The van der Waals surface area contributed by atoms with E-state index in [1.54, 1.807) is 11.8 Å². The Hall–Kier alpha value is -0.950. The Labute approximate surface area is 112 Å². The van der Waals surface area contributed by atoms with Gasteiger partial charge in [0.2, 0.25) is 0 Å². The number of carbonyl (C=O) groups is 2. The summed E-state index contributed by atoms with van der Waals surface area (Å²) in [5.74, 6) is -0.291. The first-order valence-electron chi connectivity index (χ1n) is 5.95. The second-order valence-electron chi connectivity index (χ2n) is 3.97. The molecule has 0 rings (SSSR count). The molecule has 0 unspecified atom stereocenters. The van der Waals surface area contributed by atoms with Crippen LogP contribution in [0, 0.1) is 0 Å². The van der Waals surface area contributed by atoms with Gasteiger partial charge in [-0.3, -0.25) is 0 Å². The predicted molar refractivity (Wildman–Crippen MR) is 74.1 cm³/mol. The van der Waals surface area contributed by atoms with Gasteiger partial charge in [-0.25, -0.2) is 9.59 Å². The molecule has 0 aliphatic carbocycles. The summed E-state index contributed by atoms with van der Waals surface area (Å²) in [6.07, 6.45) is 2.33. The number of hydrogen-bond donors (Lipinski definition) is 3. The lowest BCUT2D eigenvalue weighted by molar-refractivity contribution is -0.139. The zero-order valence-corrected chi connectivity index (χ0v) is 12.0. The van der Waals surface area contributed by atoms with Crippen molar-refractivity contribution in [2.24, 2.45) is 0 Å². The standard InChI is InChI=1S/C11H23N3O3S/c1-4-14(2)7-6-12-11(17)13-9(10(15)16)5-8-18-3/h9H,4-8H2,1-3H3,(H,15,16)(H2,12,13,17)/t9-/m0/s1. The molecule has 0 radical (unpaired) electrons. The highest BCUT2D eigenvalue weighted by Gasteiger charge is 2.18. The van der Waals surface area contributed by atoms with Crippen LogP contribution in [-0.4, -0.2) is 66.7 Å². The van der Waals surface area contributed by atoms with Gasteiger partial charge in [0.1, 0.15) is 6.04 Å². The number of thioether (sulfide) groups is 1. The van der Waals surface area contributed by atoms with Crippen LogP contribution in [0.5, 0.6) is 0 Å². The van der Waals surface area contributed by atoms with Gasteiger partial charge in [-0.2, -0.15) is 11.8 Å². The van der Waals surface area contributed by atoms with Gasteiger partial charge in [0.05, 0.1) is 0 Å². The number of carboxylic acid groups (broad SMARTS) is 1. The Kier molecular flexibility index (Phi) is 9.49. The van der Waals surface area contributed by atoms with Gasteiger partial charge in [-0.1, -0.05) is 6.92 Å². The van der Waals surface area contributed by atoms with Crippen LogP contribution in [0.15, 0.2) is 0 Å². The van der Waals surface area contributed by atoms with E-state index in [0.717, 1.165) is 13.1 Å². The van der Waals surface area contributed by atoms with Crippen molar-refractivity contribution in [1.82, 2.24) is 15.5 Å². The molecule has 0 aliphatic rings. The summed E-state index contributed by atoms with van der Waals surface area (Å²) in [7, 11) is 1.96. The molecule has 0 aromatic heterocycles. The summed E-state index contributed by atoms with van der Waals surface area (Å²) in [5.41, 5.74) is 0. The van der Waals surface area contributed by atoms with E-state index >= 15 is 0 Å². The molecule has 0 aromatic rings. The fourth-order valence-corrected chi connectivity index (χ4v) is 1.69. The molecule has 6 nitrogen and oxygen atoms in total. The van der Waals surface area contributed by atoms with Gasteiger partial charge >= 0.3 is 12.0 Å². The second-order valence-corrected chi connectivity index (χ2v) is 4.95. The SMILES string of the molecule is CCN(C)CCNC(=O)N[C@@H](CCSC)C(=O)O. The van der Waals surface area contributed by atoms with Crippen molar-refractivity contribution in [3.05, 3.63) is 0 Å². The lowest BCUT2D eigenvalue weighted by Crippen LogP contribution is -2.47. The van der Waals surface area contributed by atoms with Gasteiger partial charge in [0, 0.05) is 13.1 Å². The van der Waals surface area contributed by atoms with Crippen molar-refractivity contribution >= 4 is 23.8 Å². The third-order valence-corrected chi connectivity index (χ3v) is 3.18. The Morgan fingerprint density at radius 2 is 2.11 bits per heavy atom. The molecule has 0 aromatic carbocycles. The van der Waals surface area contributed by atoms with Crippen molar-refractivity contribution in [2.45, 2.75) is 19.4 Å². The topological polar surface area (TPSA) is 81.7 Å². The number of amides is 2. The zero-order valence-electron chi connectivity index (χ0n) is 11.2. The smallest absolute Gasteiger partial charge is 0.326 e. The summed E-state index contributed by atoms with van der Waals surface area (Å²) >= 11 is 1.56. The van der Waals surface area contributed by atoms with E-state index in [2.05, 4.69) is 15.5 Å². The van der Waals surface area contributed by atoms with Crippen LogP contribution in [0.2, 0.25) is 0 Å². The van der Waals surface area contributed by atoms with Crippen molar-refractivity contribution in [2.75, 3.05) is 38.7 Å². The molecular weight excluding hydrogens is 254 g/mol. The first-order chi connectivity index (χ1) is 8.51. The predicted octanol–water partition coefficient (Wildman–Crippen LogP) is 0.444. The zero-order chi connectivity index (χ0) is 14.0. The Morgan fingerprint density at radius 1 is 1.44 bits per heavy atom. The Bertz CT molecular complexity index is 264. The fraction of sp³-hybridized carbons (Fsp3) is 0.818. The minimum absolute atomic E-state index is 0.423. The first-order valence-corrected chi connectivity index (χ1v) is 7.35. The molecule has 1 atom stereocenters. The molecule has 0 spiro atoms. The first kappa shape index (κ1) is 17.1. The number of carbonyl (C=O) groups excluding carboxylic acids is 1. The number of rotatable bonds is 9. The van der Waals surface area contributed by atoms with Crippen molar-refractivity contribution in [3.8, 4) is 0 Å². The van der Waals surface area contributed by atoms with Crippen LogP contribution >= 0.6 is 11.8 Å². The average Bonchev–Trinajstić information content (AvgIpc) is 2.33. The van der Waals surface area contributed by atoms with E-state index in [9.17, 15) is 9.59 Å². The molecular formula is C11H23N3O3S. The molecule has 0 fully saturated rings. The third kappa shape index (κ3) is 8.19. The second kappa shape index (κ2) is 10.0. The van der Waals surface area contributed by atoms with E-state index in [-0.39, 0.29) is 0 Å². The summed E-state index contributed by atoms with van der Waals surface area (Å²) < 4.78 is 0. The largest absolute Gasteiger partial charge is 0.480 e. The summed E-state index contributed by atoms with van der Waals surface area (Å²) in [6.45, 7) is 4.19. The van der Waals surface area contributed by atoms with Crippen LogP contribution in [0.1, 0.15) is 13.3 Å². The Balaban J connectivity index is 3.91. The van der Waals surface area contributed by atoms with Gasteiger partial charge in [-0.15, -0.1) is 0 Å². The molecule has 106 valence electrons. The molecule has 0 saturated carbocycles. The summed E-state index contributed by atoms with van der Waals surface area (Å²) in [4.78, 5) is 24.4. The van der Waals surface area contributed by atoms with E-state index in [0.29, 0.717) is 18.7 Å². The number of urea groups is 1. The van der Waals surface area contributed by atoms with Gasteiger partial charge < -0.3 is 20.6 Å². The molecule has 0 aliphatic heterocycles. The highest BCUT2D eigenvalue weighted by molar-refractivity contribution is 7.98. The summed E-state index contributed by atoms with van der Waals surface area (Å²) in [6, 6.07) is -1.24. The number of carboxylic acids is 1. The van der Waals surface area contributed by atoms with Crippen LogP contribution in [0.25, 0.3) is 0 Å². The van der Waals surface area contributed by atoms with Gasteiger partial charge in [0.25, 0.3) is 0 Å². The van der Waals surface area contributed by atoms with E-state index in [1.807, 2.05) is 20.2 Å². The number of nitrogens with one attached hydrogen (secondary N) is 2. The maximum Gasteiger partial charge on any atom is 0.326 e. The van der Waals surface area contributed by atoms with Crippen LogP contribution in [-0.2, 0) is 4.79 Å². The number of aliphatic carboxylic acids is 1. The van der Waals surface area contributed by atoms with Gasteiger partial charge in [0.15, 0.2) is 0 Å². The molecule has 3 N–H and O–H groups in total. The lowest BCUT2D eigenvalue weighted by Gasteiger charge is -2.17. The van der Waals surface area contributed by atoms with Crippen LogP contribution < -0.4 is 10.6 Å². The molecule has 2 amide bonds. The van der Waals surface area contributed by atoms with Crippen LogP contribution in [0.3, 0.4) is 0 Å². The van der Waals surface area contributed by atoms with Crippen molar-refractivity contribution in [3.63, 3.8) is 0 Å². The highest BCUT2D eigenvalue weighted by Crippen LogP contribution is 2.00. The number of likely N-dealkylation sites (N-methyl/N-ethyl adjacent to an activating group) is 1. The normalized spacial score (nSPS) is 12.2. The average molecular weight is 277 g/mol. The summed E-state index contributed by atoms with van der Waals surface area (Å²) in [5, 5.41) is 14.0. The highest BCUT2D eigenvalue weighted by atomic mass is 32.2.